The van der Waals surface area contributed by atoms with Crippen LogP contribution in [0.1, 0.15) is 11.1 Å². The van der Waals surface area contributed by atoms with Gasteiger partial charge in [-0.2, -0.15) is 0 Å². The van der Waals surface area contributed by atoms with Gasteiger partial charge in [0.05, 0.1) is 6.42 Å². The van der Waals surface area contributed by atoms with Gasteiger partial charge in [0.1, 0.15) is 0 Å². The van der Waals surface area contributed by atoms with E-state index in [2.05, 4.69) is 10.3 Å². The first-order chi connectivity index (χ1) is 11.6. The van der Waals surface area contributed by atoms with Crippen LogP contribution in [-0.2, 0) is 17.5 Å². The fourth-order valence-electron chi connectivity index (χ4n) is 2.56. The Bertz CT molecular complexity index is 850. The zero-order chi connectivity index (χ0) is 16.9. The summed E-state index contributed by atoms with van der Waals surface area (Å²) in [6.45, 7) is 0. The van der Waals surface area contributed by atoms with Gasteiger partial charge in [-0.25, -0.2) is 0 Å². The van der Waals surface area contributed by atoms with Crippen molar-refractivity contribution in [1.82, 2.24) is 4.98 Å². The first kappa shape index (κ1) is 16.2. The number of benzene rings is 2. The summed E-state index contributed by atoms with van der Waals surface area (Å²) >= 11 is 0. The number of aromatic nitrogens is 1. The second-order valence-electron chi connectivity index (χ2n) is 5.66. The zero-order valence-electron chi connectivity index (χ0n) is 13.0. The van der Waals surface area contributed by atoms with E-state index in [1.54, 1.807) is 24.5 Å². The molecule has 0 saturated heterocycles. The van der Waals surface area contributed by atoms with Crippen molar-refractivity contribution in [2.24, 2.45) is 0 Å². The van der Waals surface area contributed by atoms with Crippen LogP contribution in [0.25, 0.3) is 10.8 Å². The van der Waals surface area contributed by atoms with E-state index in [0.717, 1.165) is 27.6 Å². The van der Waals surface area contributed by atoms with E-state index < -0.39 is 7.12 Å². The predicted octanol–water partition coefficient (Wildman–Crippen LogP) is 1.97. The van der Waals surface area contributed by atoms with Crippen LogP contribution in [0.2, 0.25) is 0 Å². The summed E-state index contributed by atoms with van der Waals surface area (Å²) in [6, 6.07) is 14.8. The number of hydrogen-bond donors (Lipinski definition) is 3. The molecule has 2 aromatic carbocycles. The largest absolute Gasteiger partial charge is 0.456 e. The molecule has 3 aromatic rings. The first-order valence-corrected chi connectivity index (χ1v) is 7.68. The van der Waals surface area contributed by atoms with Crippen molar-refractivity contribution < 1.29 is 14.8 Å². The van der Waals surface area contributed by atoms with Crippen LogP contribution in [0.3, 0.4) is 0 Å². The van der Waals surface area contributed by atoms with Crippen LogP contribution in [0.4, 0.5) is 5.69 Å². The number of rotatable bonds is 5. The van der Waals surface area contributed by atoms with Gasteiger partial charge >= 0.3 is 7.12 Å². The molecular formula is C18H17BN2O3. The average Bonchev–Trinajstić information content (AvgIpc) is 2.56. The molecule has 0 atom stereocenters. The fourth-order valence-corrected chi connectivity index (χ4v) is 2.56. The minimum absolute atomic E-state index is 0.0988. The van der Waals surface area contributed by atoms with Crippen molar-refractivity contribution in [1.29, 1.82) is 0 Å². The lowest BCUT2D eigenvalue weighted by Gasteiger charge is -2.07. The normalized spacial score (nSPS) is 10.6. The molecule has 1 heterocycles. The number of anilines is 1. The highest BCUT2D eigenvalue weighted by atomic mass is 16.4. The monoisotopic (exact) mass is 320 g/mol. The topological polar surface area (TPSA) is 82.5 Å². The molecular weight excluding hydrogens is 303 g/mol. The van der Waals surface area contributed by atoms with Gasteiger partial charge in [0.15, 0.2) is 0 Å². The maximum absolute atomic E-state index is 12.2. The van der Waals surface area contributed by atoms with Gasteiger partial charge in [0, 0.05) is 29.8 Å². The second-order valence-corrected chi connectivity index (χ2v) is 5.66. The Kier molecular flexibility index (Phi) is 4.89. The number of fused-ring (bicyclic) bond motifs is 1. The molecule has 120 valence electrons. The third-order valence-corrected chi connectivity index (χ3v) is 3.73. The highest BCUT2D eigenvalue weighted by Gasteiger charge is 2.09. The van der Waals surface area contributed by atoms with Crippen LogP contribution in [0, 0.1) is 0 Å². The van der Waals surface area contributed by atoms with Crippen molar-refractivity contribution in [2.45, 2.75) is 12.7 Å². The Balaban J connectivity index is 1.64. The average molecular weight is 320 g/mol. The Morgan fingerprint density at radius 2 is 1.75 bits per heavy atom. The number of nitrogens with one attached hydrogen (secondary N) is 1. The number of nitrogens with zero attached hydrogens (tertiary/aromatic N) is 1. The highest BCUT2D eigenvalue weighted by Crippen LogP contribution is 2.18. The van der Waals surface area contributed by atoms with Crippen LogP contribution in [-0.4, -0.2) is 28.1 Å². The van der Waals surface area contributed by atoms with Gasteiger partial charge in [-0.1, -0.05) is 35.9 Å². The number of carbonyl (C=O) groups excluding carboxylic acids is 1. The lowest BCUT2D eigenvalue weighted by atomic mass is 9.82. The van der Waals surface area contributed by atoms with Crippen molar-refractivity contribution in [3.8, 4) is 0 Å². The van der Waals surface area contributed by atoms with E-state index in [1.807, 2.05) is 36.4 Å². The molecule has 5 nitrogen and oxygen atoms in total. The summed E-state index contributed by atoms with van der Waals surface area (Å²) in [5, 5.41) is 22.8. The third kappa shape index (κ3) is 4.19. The number of carbonyl (C=O) groups is 1. The molecule has 0 aliphatic rings. The lowest BCUT2D eigenvalue weighted by Crippen LogP contribution is -2.16. The molecule has 0 saturated carbocycles. The van der Waals surface area contributed by atoms with E-state index in [0.29, 0.717) is 0 Å². The molecule has 0 bridgehead atoms. The zero-order valence-corrected chi connectivity index (χ0v) is 13.0. The van der Waals surface area contributed by atoms with Crippen LogP contribution < -0.4 is 5.32 Å². The minimum Gasteiger partial charge on any atom is -0.427 e. The van der Waals surface area contributed by atoms with E-state index >= 15 is 0 Å². The van der Waals surface area contributed by atoms with Crippen LogP contribution in [0.5, 0.6) is 0 Å². The SMILES string of the molecule is O=C(Cc1ccc(CB(O)O)cc1)Nc1ccc2cnccc2c1. The fraction of sp³-hybridized carbons (Fsp3) is 0.111. The molecule has 0 radical (unpaired) electrons. The molecule has 6 heteroatoms. The molecule has 0 spiro atoms. The van der Waals surface area contributed by atoms with Crippen molar-refractivity contribution >= 4 is 29.5 Å². The van der Waals surface area contributed by atoms with Gasteiger partial charge in [0.25, 0.3) is 0 Å². The molecule has 3 N–H and O–H groups in total. The predicted molar refractivity (Wildman–Crippen MR) is 94.4 cm³/mol. The Morgan fingerprint density at radius 1 is 1.00 bits per heavy atom. The summed E-state index contributed by atoms with van der Waals surface area (Å²) in [7, 11) is -1.36. The minimum atomic E-state index is -1.36. The Morgan fingerprint density at radius 3 is 2.50 bits per heavy atom. The van der Waals surface area contributed by atoms with Crippen molar-refractivity contribution in [3.05, 3.63) is 72.1 Å². The van der Waals surface area contributed by atoms with E-state index in [-0.39, 0.29) is 18.6 Å². The first-order valence-electron chi connectivity index (χ1n) is 7.68. The summed E-state index contributed by atoms with van der Waals surface area (Å²) in [5.74, 6) is -0.0988. The van der Waals surface area contributed by atoms with Gasteiger partial charge in [0.2, 0.25) is 5.91 Å². The van der Waals surface area contributed by atoms with Gasteiger partial charge in [-0.15, -0.1) is 0 Å². The summed E-state index contributed by atoms with van der Waals surface area (Å²) in [4.78, 5) is 16.2. The summed E-state index contributed by atoms with van der Waals surface area (Å²) in [6.07, 6.45) is 3.94. The van der Waals surface area contributed by atoms with E-state index in [1.165, 1.54) is 0 Å². The van der Waals surface area contributed by atoms with Crippen molar-refractivity contribution in [2.75, 3.05) is 5.32 Å². The van der Waals surface area contributed by atoms with E-state index in [4.69, 9.17) is 10.0 Å². The molecule has 1 aromatic heterocycles. The molecule has 0 aliphatic carbocycles. The van der Waals surface area contributed by atoms with Gasteiger partial charge in [-0.3, -0.25) is 9.78 Å². The maximum Gasteiger partial charge on any atom is 0.456 e. The highest BCUT2D eigenvalue weighted by molar-refractivity contribution is 6.40. The summed E-state index contributed by atoms with van der Waals surface area (Å²) < 4.78 is 0. The third-order valence-electron chi connectivity index (χ3n) is 3.73. The molecule has 0 unspecified atom stereocenters. The summed E-state index contributed by atoms with van der Waals surface area (Å²) in [5.41, 5.74) is 2.43. The standard InChI is InChI=1S/C18H17BN2O3/c22-18(9-13-1-3-14(4-2-13)11-19(23)24)21-17-6-5-16-12-20-8-7-15(16)10-17/h1-8,10,12,23-24H,9,11H2,(H,21,22). The van der Waals surface area contributed by atoms with E-state index in [9.17, 15) is 4.79 Å². The smallest absolute Gasteiger partial charge is 0.427 e. The molecule has 3 rings (SSSR count). The lowest BCUT2D eigenvalue weighted by molar-refractivity contribution is -0.115. The number of hydrogen-bond acceptors (Lipinski definition) is 4. The molecule has 0 aliphatic heterocycles. The molecule has 24 heavy (non-hydrogen) atoms. The maximum atomic E-state index is 12.2. The Labute approximate surface area is 140 Å². The quantitative estimate of drug-likeness (QED) is 0.628. The van der Waals surface area contributed by atoms with Crippen LogP contribution >= 0.6 is 0 Å². The van der Waals surface area contributed by atoms with Gasteiger partial charge in [-0.05, 0) is 29.1 Å². The van der Waals surface area contributed by atoms with Crippen molar-refractivity contribution in [3.63, 3.8) is 0 Å². The Hall–Kier alpha value is -2.70. The second kappa shape index (κ2) is 7.25. The molecule has 0 fully saturated rings. The number of amides is 1. The van der Waals surface area contributed by atoms with Gasteiger partial charge < -0.3 is 15.4 Å². The number of pyridine rings is 1. The molecule has 1 amide bonds. The van der Waals surface area contributed by atoms with Crippen LogP contribution in [0.15, 0.2) is 60.9 Å².